The molecule has 2 aromatic rings. The molecule has 0 atom stereocenters. The van der Waals surface area contributed by atoms with Crippen molar-refractivity contribution in [3.8, 4) is 11.4 Å². The molecule has 98 valence electrons. The van der Waals surface area contributed by atoms with Crippen LogP contribution in [0.4, 0.5) is 5.82 Å². The zero-order valence-electron chi connectivity index (χ0n) is 10.5. The number of hydrogen-bond acceptors (Lipinski definition) is 4. The fraction of sp³-hybridized carbons (Fsp3) is 0.286. The lowest BCUT2D eigenvalue weighted by Gasteiger charge is -2.28. The number of halogens is 1. The van der Waals surface area contributed by atoms with E-state index < -0.39 is 0 Å². The van der Waals surface area contributed by atoms with Gasteiger partial charge in [0, 0.05) is 43.0 Å². The molecule has 0 saturated carbocycles. The van der Waals surface area contributed by atoms with Crippen LogP contribution in [-0.2, 0) is 0 Å². The van der Waals surface area contributed by atoms with Crippen LogP contribution in [0.15, 0.2) is 36.5 Å². The molecule has 1 aromatic heterocycles. The van der Waals surface area contributed by atoms with Gasteiger partial charge < -0.3 is 10.2 Å². The average Bonchev–Trinajstić information content (AvgIpc) is 2.49. The van der Waals surface area contributed by atoms with E-state index in [-0.39, 0.29) is 0 Å². The molecule has 4 nitrogen and oxygen atoms in total. The summed E-state index contributed by atoms with van der Waals surface area (Å²) >= 11 is 5.90. The average molecular weight is 275 g/mol. The normalized spacial score (nSPS) is 15.5. The topological polar surface area (TPSA) is 41.1 Å². The number of hydrogen-bond donors (Lipinski definition) is 1. The third-order valence-corrected chi connectivity index (χ3v) is 3.44. The monoisotopic (exact) mass is 274 g/mol. The first-order valence-corrected chi connectivity index (χ1v) is 6.75. The SMILES string of the molecule is Clc1ccc(-c2nccc(N3CCNCC3)n2)cc1. The van der Waals surface area contributed by atoms with Crippen LogP contribution >= 0.6 is 11.6 Å². The fourth-order valence-electron chi connectivity index (χ4n) is 2.16. The third kappa shape index (κ3) is 2.85. The van der Waals surface area contributed by atoms with E-state index in [2.05, 4.69) is 20.2 Å². The molecule has 0 aliphatic carbocycles. The Hall–Kier alpha value is -1.65. The molecule has 0 unspecified atom stereocenters. The first-order chi connectivity index (χ1) is 9.33. The third-order valence-electron chi connectivity index (χ3n) is 3.18. The van der Waals surface area contributed by atoms with Gasteiger partial charge in [-0.2, -0.15) is 0 Å². The number of anilines is 1. The van der Waals surface area contributed by atoms with E-state index in [9.17, 15) is 0 Å². The van der Waals surface area contributed by atoms with Crippen molar-refractivity contribution in [1.82, 2.24) is 15.3 Å². The highest BCUT2D eigenvalue weighted by atomic mass is 35.5. The van der Waals surface area contributed by atoms with Crippen molar-refractivity contribution in [2.24, 2.45) is 0 Å². The Morgan fingerprint density at radius 2 is 1.79 bits per heavy atom. The maximum absolute atomic E-state index is 5.90. The molecule has 1 aliphatic heterocycles. The van der Waals surface area contributed by atoms with Crippen molar-refractivity contribution < 1.29 is 0 Å². The standard InChI is InChI=1S/C14H15ClN4/c15-12-3-1-11(2-4-12)14-17-6-5-13(18-14)19-9-7-16-8-10-19/h1-6,16H,7-10H2. The summed E-state index contributed by atoms with van der Waals surface area (Å²) in [5.74, 6) is 1.73. The summed E-state index contributed by atoms with van der Waals surface area (Å²) in [6.07, 6.45) is 1.81. The van der Waals surface area contributed by atoms with E-state index in [1.165, 1.54) is 0 Å². The van der Waals surface area contributed by atoms with Crippen LogP contribution in [-0.4, -0.2) is 36.1 Å². The van der Waals surface area contributed by atoms with Crippen LogP contribution in [0.3, 0.4) is 0 Å². The summed E-state index contributed by atoms with van der Waals surface area (Å²) in [6.45, 7) is 3.97. The van der Waals surface area contributed by atoms with E-state index >= 15 is 0 Å². The Balaban J connectivity index is 1.88. The van der Waals surface area contributed by atoms with Gasteiger partial charge in [0.2, 0.25) is 0 Å². The molecule has 1 fully saturated rings. The van der Waals surface area contributed by atoms with E-state index in [4.69, 9.17) is 11.6 Å². The Labute approximate surface area is 117 Å². The minimum atomic E-state index is 0.724. The summed E-state index contributed by atoms with van der Waals surface area (Å²) in [6, 6.07) is 9.57. The molecule has 1 saturated heterocycles. The zero-order chi connectivity index (χ0) is 13.1. The van der Waals surface area contributed by atoms with Gasteiger partial charge in [0.05, 0.1) is 0 Å². The number of aromatic nitrogens is 2. The van der Waals surface area contributed by atoms with E-state index in [0.717, 1.165) is 48.4 Å². The van der Waals surface area contributed by atoms with Crippen molar-refractivity contribution in [2.75, 3.05) is 31.1 Å². The number of rotatable bonds is 2. The Bertz CT molecular complexity index is 550. The Morgan fingerprint density at radius 1 is 1.05 bits per heavy atom. The molecule has 3 rings (SSSR count). The molecule has 5 heteroatoms. The van der Waals surface area contributed by atoms with Crippen LogP contribution in [0.5, 0.6) is 0 Å². The van der Waals surface area contributed by atoms with Crippen LogP contribution in [0, 0.1) is 0 Å². The van der Waals surface area contributed by atoms with E-state index in [0.29, 0.717) is 0 Å². The van der Waals surface area contributed by atoms with E-state index in [1.54, 1.807) is 0 Å². The smallest absolute Gasteiger partial charge is 0.161 e. The molecule has 0 radical (unpaired) electrons. The fourth-order valence-corrected chi connectivity index (χ4v) is 2.28. The van der Waals surface area contributed by atoms with Crippen molar-refractivity contribution >= 4 is 17.4 Å². The maximum atomic E-state index is 5.90. The summed E-state index contributed by atoms with van der Waals surface area (Å²) in [5, 5.41) is 4.06. The first kappa shape index (κ1) is 12.4. The lowest BCUT2D eigenvalue weighted by molar-refractivity contribution is 0.585. The summed E-state index contributed by atoms with van der Waals surface area (Å²) < 4.78 is 0. The minimum absolute atomic E-state index is 0.724. The Morgan fingerprint density at radius 3 is 2.53 bits per heavy atom. The van der Waals surface area contributed by atoms with E-state index in [1.807, 2.05) is 36.5 Å². The maximum Gasteiger partial charge on any atom is 0.161 e. The molecule has 1 aliphatic rings. The molecule has 1 aromatic carbocycles. The molecule has 0 amide bonds. The number of benzene rings is 1. The van der Waals surface area contributed by atoms with Crippen molar-refractivity contribution in [3.63, 3.8) is 0 Å². The van der Waals surface area contributed by atoms with Crippen molar-refractivity contribution in [3.05, 3.63) is 41.6 Å². The highest BCUT2D eigenvalue weighted by Gasteiger charge is 2.12. The second-order valence-corrected chi connectivity index (χ2v) is 4.92. The molecule has 2 heterocycles. The summed E-state index contributed by atoms with van der Waals surface area (Å²) in [4.78, 5) is 11.3. The first-order valence-electron chi connectivity index (χ1n) is 6.37. The van der Waals surface area contributed by atoms with Crippen LogP contribution < -0.4 is 10.2 Å². The molecular weight excluding hydrogens is 260 g/mol. The van der Waals surface area contributed by atoms with Gasteiger partial charge in [-0.1, -0.05) is 11.6 Å². The largest absolute Gasteiger partial charge is 0.354 e. The molecule has 19 heavy (non-hydrogen) atoms. The van der Waals surface area contributed by atoms with Crippen molar-refractivity contribution in [2.45, 2.75) is 0 Å². The van der Waals surface area contributed by atoms with Gasteiger partial charge in [-0.25, -0.2) is 9.97 Å². The van der Waals surface area contributed by atoms with Crippen LogP contribution in [0.1, 0.15) is 0 Å². The van der Waals surface area contributed by atoms with Gasteiger partial charge in [0.25, 0.3) is 0 Å². The predicted molar refractivity (Wildman–Crippen MR) is 77.6 cm³/mol. The van der Waals surface area contributed by atoms with Gasteiger partial charge in [-0.3, -0.25) is 0 Å². The quantitative estimate of drug-likeness (QED) is 0.912. The zero-order valence-corrected chi connectivity index (χ0v) is 11.3. The molecule has 0 spiro atoms. The predicted octanol–water partition coefficient (Wildman–Crippen LogP) is 2.21. The van der Waals surface area contributed by atoms with Crippen LogP contribution in [0.25, 0.3) is 11.4 Å². The minimum Gasteiger partial charge on any atom is -0.354 e. The second-order valence-electron chi connectivity index (χ2n) is 4.48. The van der Waals surface area contributed by atoms with Gasteiger partial charge in [-0.15, -0.1) is 0 Å². The molecule has 0 bridgehead atoms. The van der Waals surface area contributed by atoms with Crippen LogP contribution in [0.2, 0.25) is 5.02 Å². The number of nitrogens with zero attached hydrogens (tertiary/aromatic N) is 3. The number of piperazine rings is 1. The van der Waals surface area contributed by atoms with Gasteiger partial charge in [0.1, 0.15) is 5.82 Å². The highest BCUT2D eigenvalue weighted by Crippen LogP contribution is 2.20. The second kappa shape index (κ2) is 5.55. The highest BCUT2D eigenvalue weighted by molar-refractivity contribution is 6.30. The molecular formula is C14H15ClN4. The lowest BCUT2D eigenvalue weighted by atomic mass is 10.2. The summed E-state index contributed by atoms with van der Waals surface area (Å²) in [7, 11) is 0. The van der Waals surface area contributed by atoms with Gasteiger partial charge >= 0.3 is 0 Å². The van der Waals surface area contributed by atoms with Gasteiger partial charge in [-0.05, 0) is 30.3 Å². The van der Waals surface area contributed by atoms with Gasteiger partial charge in [0.15, 0.2) is 5.82 Å². The van der Waals surface area contributed by atoms with Crippen molar-refractivity contribution in [1.29, 1.82) is 0 Å². The Kier molecular flexibility index (Phi) is 3.62. The summed E-state index contributed by atoms with van der Waals surface area (Å²) in [5.41, 5.74) is 0.987. The molecule has 1 N–H and O–H groups in total. The number of nitrogens with one attached hydrogen (secondary N) is 1. The lowest BCUT2D eigenvalue weighted by Crippen LogP contribution is -2.43.